The van der Waals surface area contributed by atoms with Gasteiger partial charge in [0.05, 0.1) is 24.3 Å². The molecule has 0 aliphatic carbocycles. The van der Waals surface area contributed by atoms with Crippen LogP contribution in [-0.2, 0) is 14.3 Å². The van der Waals surface area contributed by atoms with Crippen molar-refractivity contribution in [2.24, 2.45) is 5.73 Å². The lowest BCUT2D eigenvalue weighted by Crippen LogP contribution is -2.52. The van der Waals surface area contributed by atoms with Gasteiger partial charge in [-0.05, 0) is 37.8 Å². The molecule has 0 radical (unpaired) electrons. The summed E-state index contributed by atoms with van der Waals surface area (Å²) in [5, 5.41) is 7.43. The average molecular weight is 392 g/mol. The van der Waals surface area contributed by atoms with Crippen LogP contribution in [0.5, 0.6) is 0 Å². The Hall–Kier alpha value is -2.39. The van der Waals surface area contributed by atoms with Gasteiger partial charge in [0.15, 0.2) is 0 Å². The van der Waals surface area contributed by atoms with Gasteiger partial charge in [0.2, 0.25) is 5.91 Å². The van der Waals surface area contributed by atoms with Crippen LogP contribution in [0.4, 0.5) is 4.79 Å². The number of urea groups is 1. The molecule has 2 aliphatic heterocycles. The number of carbonyl (C=O) groups excluding carboxylic acids is 3. The summed E-state index contributed by atoms with van der Waals surface area (Å²) < 4.78 is 5.24. The van der Waals surface area contributed by atoms with Crippen molar-refractivity contribution in [1.82, 2.24) is 15.5 Å². The van der Waals surface area contributed by atoms with Crippen molar-refractivity contribution >= 4 is 29.2 Å². The summed E-state index contributed by atoms with van der Waals surface area (Å²) in [5.41, 5.74) is 6.38. The first-order valence-electron chi connectivity index (χ1n) is 9.05. The van der Waals surface area contributed by atoms with Gasteiger partial charge in [0, 0.05) is 17.1 Å². The van der Waals surface area contributed by atoms with E-state index in [2.05, 4.69) is 10.6 Å². The topological polar surface area (TPSA) is 114 Å². The molecule has 1 aromatic rings. The Morgan fingerprint density at radius 2 is 2.22 bits per heavy atom. The number of piperidine rings is 1. The highest BCUT2D eigenvalue weighted by Gasteiger charge is 2.36. The molecule has 4 N–H and O–H groups in total. The van der Waals surface area contributed by atoms with Crippen molar-refractivity contribution < 1.29 is 19.1 Å². The number of likely N-dealkylation sites (tertiary alicyclic amines) is 1. The Bertz CT molecular complexity index is 747. The standard InChI is InChI=1S/C18H24N4O4S/c1-2-26-17(24)14-11(10-22-8-4-3-6-12(22)16(19)23)20-18(25)21-15(14)13-7-5-9-27-13/h5,7,9,12,15H,2-4,6,8,10H2,1H3,(H2,19,23)(H2,20,21,25)/t12-,15+/m0/s1. The van der Waals surface area contributed by atoms with Crippen molar-refractivity contribution in [1.29, 1.82) is 0 Å². The van der Waals surface area contributed by atoms with Gasteiger partial charge in [-0.1, -0.05) is 12.5 Å². The minimum atomic E-state index is -0.579. The monoisotopic (exact) mass is 392 g/mol. The highest BCUT2D eigenvalue weighted by atomic mass is 32.1. The molecule has 8 nitrogen and oxygen atoms in total. The Morgan fingerprint density at radius 3 is 2.89 bits per heavy atom. The second-order valence-electron chi connectivity index (χ2n) is 6.54. The molecular formula is C18H24N4O4S. The van der Waals surface area contributed by atoms with Crippen LogP contribution in [0.1, 0.15) is 37.1 Å². The molecule has 1 fully saturated rings. The van der Waals surface area contributed by atoms with Gasteiger partial charge in [-0.2, -0.15) is 0 Å². The molecule has 3 amide bonds. The van der Waals surface area contributed by atoms with Crippen LogP contribution in [-0.4, -0.2) is 48.5 Å². The maximum absolute atomic E-state index is 12.7. The Kier molecular flexibility index (Phi) is 6.12. The molecule has 0 saturated carbocycles. The van der Waals surface area contributed by atoms with E-state index in [1.54, 1.807) is 6.92 Å². The molecule has 3 rings (SSSR count). The number of thiophene rings is 1. The van der Waals surface area contributed by atoms with Crippen molar-refractivity contribution in [3.8, 4) is 0 Å². The lowest BCUT2D eigenvalue weighted by Gasteiger charge is -2.36. The largest absolute Gasteiger partial charge is 0.463 e. The zero-order chi connectivity index (χ0) is 19.4. The minimum Gasteiger partial charge on any atom is -0.463 e. The van der Waals surface area contributed by atoms with E-state index < -0.39 is 18.1 Å². The van der Waals surface area contributed by atoms with Gasteiger partial charge in [0.1, 0.15) is 0 Å². The van der Waals surface area contributed by atoms with Crippen molar-refractivity contribution in [3.63, 3.8) is 0 Å². The molecule has 1 aromatic heterocycles. The van der Waals surface area contributed by atoms with E-state index in [0.717, 1.165) is 17.7 Å². The van der Waals surface area contributed by atoms with Crippen molar-refractivity contribution in [3.05, 3.63) is 33.7 Å². The van der Waals surface area contributed by atoms with Crippen LogP contribution in [0.2, 0.25) is 0 Å². The number of amides is 3. The fourth-order valence-corrected chi connectivity index (χ4v) is 4.35. The molecule has 0 bridgehead atoms. The molecule has 0 spiro atoms. The summed E-state index contributed by atoms with van der Waals surface area (Å²) in [4.78, 5) is 39.5. The van der Waals surface area contributed by atoms with Gasteiger partial charge in [-0.25, -0.2) is 9.59 Å². The third kappa shape index (κ3) is 4.30. The van der Waals surface area contributed by atoms with Crippen LogP contribution in [0.25, 0.3) is 0 Å². The first-order chi connectivity index (χ1) is 13.0. The molecule has 146 valence electrons. The van der Waals surface area contributed by atoms with Crippen molar-refractivity contribution in [2.75, 3.05) is 19.7 Å². The second kappa shape index (κ2) is 8.53. The van der Waals surface area contributed by atoms with E-state index in [1.165, 1.54) is 11.3 Å². The first-order valence-corrected chi connectivity index (χ1v) is 9.93. The summed E-state index contributed by atoms with van der Waals surface area (Å²) in [7, 11) is 0. The van der Waals surface area contributed by atoms with Crippen LogP contribution in [0, 0.1) is 0 Å². The Morgan fingerprint density at radius 1 is 1.41 bits per heavy atom. The zero-order valence-electron chi connectivity index (χ0n) is 15.2. The molecule has 2 aliphatic rings. The molecule has 0 aromatic carbocycles. The van der Waals surface area contributed by atoms with Gasteiger partial charge >= 0.3 is 12.0 Å². The number of esters is 1. The maximum Gasteiger partial charge on any atom is 0.338 e. The Labute approximate surface area is 161 Å². The van der Waals surface area contributed by atoms with E-state index in [9.17, 15) is 14.4 Å². The second-order valence-corrected chi connectivity index (χ2v) is 7.52. The minimum absolute atomic E-state index is 0.231. The number of hydrogen-bond acceptors (Lipinski definition) is 6. The average Bonchev–Trinajstić information content (AvgIpc) is 3.16. The highest BCUT2D eigenvalue weighted by molar-refractivity contribution is 7.10. The smallest absolute Gasteiger partial charge is 0.338 e. The van der Waals surface area contributed by atoms with Crippen LogP contribution >= 0.6 is 11.3 Å². The number of nitrogens with zero attached hydrogens (tertiary/aromatic N) is 1. The predicted molar refractivity (Wildman–Crippen MR) is 101 cm³/mol. The number of primary amides is 1. The zero-order valence-corrected chi connectivity index (χ0v) is 16.0. The van der Waals surface area contributed by atoms with Gasteiger partial charge in [0.25, 0.3) is 0 Å². The maximum atomic E-state index is 12.7. The third-order valence-electron chi connectivity index (χ3n) is 4.78. The van der Waals surface area contributed by atoms with E-state index >= 15 is 0 Å². The molecule has 9 heteroatoms. The molecule has 3 heterocycles. The van der Waals surface area contributed by atoms with E-state index in [1.807, 2.05) is 22.4 Å². The normalized spacial score (nSPS) is 23.5. The van der Waals surface area contributed by atoms with Crippen LogP contribution in [0.15, 0.2) is 28.8 Å². The number of hydrogen-bond donors (Lipinski definition) is 3. The summed E-state index contributed by atoms with van der Waals surface area (Å²) >= 11 is 1.45. The number of nitrogens with two attached hydrogens (primary N) is 1. The molecule has 27 heavy (non-hydrogen) atoms. The third-order valence-corrected chi connectivity index (χ3v) is 5.72. The fourth-order valence-electron chi connectivity index (χ4n) is 3.57. The first kappa shape index (κ1) is 19.4. The number of ether oxygens (including phenoxy) is 1. The summed E-state index contributed by atoms with van der Waals surface area (Å²) in [6.45, 7) is 2.91. The van der Waals surface area contributed by atoms with Crippen LogP contribution < -0.4 is 16.4 Å². The molecular weight excluding hydrogens is 368 g/mol. The van der Waals surface area contributed by atoms with Gasteiger partial charge in [-0.3, -0.25) is 9.69 Å². The van der Waals surface area contributed by atoms with E-state index in [4.69, 9.17) is 10.5 Å². The molecule has 2 atom stereocenters. The lowest BCUT2D eigenvalue weighted by molar-refractivity contribution is -0.139. The molecule has 1 saturated heterocycles. The highest BCUT2D eigenvalue weighted by Crippen LogP contribution is 2.31. The summed E-state index contributed by atoms with van der Waals surface area (Å²) in [6, 6.07) is 2.37. The summed E-state index contributed by atoms with van der Waals surface area (Å²) in [6.07, 6.45) is 2.55. The lowest BCUT2D eigenvalue weighted by atomic mass is 9.98. The summed E-state index contributed by atoms with van der Waals surface area (Å²) in [5.74, 6) is -0.867. The Balaban J connectivity index is 1.97. The van der Waals surface area contributed by atoms with E-state index in [0.29, 0.717) is 24.2 Å². The fraction of sp³-hybridized carbons (Fsp3) is 0.500. The SMILES string of the molecule is CCOC(=O)C1=C(CN2CCCC[C@H]2C(N)=O)NC(=O)N[C@@H]1c1cccs1. The van der Waals surface area contributed by atoms with E-state index in [-0.39, 0.29) is 25.1 Å². The number of rotatable bonds is 6. The van der Waals surface area contributed by atoms with Crippen LogP contribution in [0.3, 0.4) is 0 Å². The molecule has 0 unspecified atom stereocenters. The van der Waals surface area contributed by atoms with Gasteiger partial charge < -0.3 is 21.1 Å². The quantitative estimate of drug-likeness (QED) is 0.631. The number of nitrogens with one attached hydrogen (secondary N) is 2. The van der Waals surface area contributed by atoms with Crippen molar-refractivity contribution in [2.45, 2.75) is 38.3 Å². The number of carbonyl (C=O) groups is 3. The predicted octanol–water partition coefficient (Wildman–Crippen LogP) is 1.26. The van der Waals surface area contributed by atoms with Gasteiger partial charge in [-0.15, -0.1) is 11.3 Å².